The van der Waals surface area contributed by atoms with Crippen molar-refractivity contribution in [2.45, 2.75) is 0 Å². The van der Waals surface area contributed by atoms with Crippen LogP contribution in [0, 0.1) is 0 Å². The fourth-order valence-electron chi connectivity index (χ4n) is 1.15. The first-order chi connectivity index (χ1) is 6.58. The van der Waals surface area contributed by atoms with Crippen molar-refractivity contribution in [2.24, 2.45) is 0 Å². The maximum Gasteiger partial charge on any atom is 0.353 e. The number of aromatic carboxylic acids is 1. The second kappa shape index (κ2) is 2.98. The van der Waals surface area contributed by atoms with Crippen LogP contribution in [0.3, 0.4) is 0 Å². The molecule has 0 unspecified atom stereocenters. The average molecular weight is 257 g/mol. The molecule has 0 atom stereocenters. The van der Waals surface area contributed by atoms with Crippen LogP contribution in [0.4, 0.5) is 0 Å². The van der Waals surface area contributed by atoms with Crippen LogP contribution in [0.2, 0.25) is 0 Å². The quantitative estimate of drug-likeness (QED) is 0.802. The smallest absolute Gasteiger partial charge is 0.353 e. The Morgan fingerprint density at radius 1 is 1.50 bits per heavy atom. The number of imidazole rings is 1. The third kappa shape index (κ3) is 1.33. The van der Waals surface area contributed by atoms with Gasteiger partial charge in [-0.05, 0) is 15.9 Å². The molecular weight excluding hydrogens is 252 g/mol. The lowest BCUT2D eigenvalue weighted by Gasteiger charge is -1.91. The summed E-state index contributed by atoms with van der Waals surface area (Å²) in [6, 6.07) is 1.33. The summed E-state index contributed by atoms with van der Waals surface area (Å²) in [6.07, 6.45) is 2.92. The summed E-state index contributed by atoms with van der Waals surface area (Å²) >= 11 is 3.07. The summed E-state index contributed by atoms with van der Waals surface area (Å²) in [4.78, 5) is 24.4. The van der Waals surface area contributed by atoms with Gasteiger partial charge in [-0.25, -0.2) is 4.79 Å². The first-order valence-corrected chi connectivity index (χ1v) is 4.51. The molecule has 0 saturated carbocycles. The number of carboxylic acid groups (broad SMARTS) is 1. The molecule has 72 valence electrons. The third-order valence-electron chi connectivity index (χ3n) is 1.80. The second-order valence-electron chi connectivity index (χ2n) is 2.75. The summed E-state index contributed by atoms with van der Waals surface area (Å²) < 4.78 is 1.93. The van der Waals surface area contributed by atoms with Crippen molar-refractivity contribution in [1.82, 2.24) is 9.38 Å². The van der Waals surface area contributed by atoms with Gasteiger partial charge in [-0.1, -0.05) is 0 Å². The van der Waals surface area contributed by atoms with Crippen LogP contribution in [0.1, 0.15) is 10.5 Å². The molecule has 0 fully saturated rings. The summed E-state index contributed by atoms with van der Waals surface area (Å²) in [7, 11) is 0. The van der Waals surface area contributed by atoms with E-state index >= 15 is 0 Å². The Labute approximate surface area is 86.1 Å². The number of fused-ring (bicyclic) bond motifs is 1. The number of pyridine rings is 1. The van der Waals surface area contributed by atoms with E-state index < -0.39 is 5.97 Å². The van der Waals surface area contributed by atoms with Crippen molar-refractivity contribution in [1.29, 1.82) is 0 Å². The Bertz CT molecular complexity index is 569. The molecule has 0 aromatic carbocycles. The zero-order valence-electron chi connectivity index (χ0n) is 6.82. The number of aromatic nitrogens is 2. The van der Waals surface area contributed by atoms with Crippen molar-refractivity contribution in [3.8, 4) is 0 Å². The summed E-state index contributed by atoms with van der Waals surface area (Å²) in [5.41, 5.74) is 0.307. The monoisotopic (exact) mass is 256 g/mol. The molecule has 2 rings (SSSR count). The van der Waals surface area contributed by atoms with Crippen LogP contribution < -0.4 is 5.43 Å². The van der Waals surface area contributed by atoms with Crippen molar-refractivity contribution >= 4 is 27.5 Å². The number of carbonyl (C=O) groups is 1. The number of hydrogen-bond donors (Lipinski definition) is 2. The molecule has 0 spiro atoms. The van der Waals surface area contributed by atoms with Gasteiger partial charge in [0, 0.05) is 18.5 Å². The molecule has 0 radical (unpaired) electrons. The summed E-state index contributed by atoms with van der Waals surface area (Å²) in [6.45, 7) is 0. The number of hydrogen-bond acceptors (Lipinski definition) is 2. The van der Waals surface area contributed by atoms with Gasteiger partial charge in [-0.3, -0.25) is 4.79 Å². The number of H-pyrrole nitrogens is 1. The average Bonchev–Trinajstić information content (AvgIpc) is 2.48. The van der Waals surface area contributed by atoms with Gasteiger partial charge in [-0.2, -0.15) is 0 Å². The number of halogens is 1. The van der Waals surface area contributed by atoms with E-state index in [0.29, 0.717) is 10.1 Å². The Hall–Kier alpha value is -1.56. The molecule has 0 saturated heterocycles. The number of rotatable bonds is 1. The zero-order chi connectivity index (χ0) is 10.3. The highest BCUT2D eigenvalue weighted by Crippen LogP contribution is 2.07. The fourth-order valence-corrected chi connectivity index (χ4v) is 1.48. The first kappa shape index (κ1) is 9.01. The Morgan fingerprint density at radius 2 is 2.21 bits per heavy atom. The van der Waals surface area contributed by atoms with Crippen LogP contribution in [0.25, 0.3) is 5.65 Å². The van der Waals surface area contributed by atoms with Gasteiger partial charge >= 0.3 is 5.97 Å². The van der Waals surface area contributed by atoms with Crippen LogP contribution in [0.15, 0.2) is 27.7 Å². The van der Waals surface area contributed by atoms with Crippen LogP contribution in [-0.2, 0) is 0 Å². The van der Waals surface area contributed by atoms with Crippen molar-refractivity contribution < 1.29 is 9.90 Å². The van der Waals surface area contributed by atoms with Crippen molar-refractivity contribution in [3.63, 3.8) is 0 Å². The number of aromatic amines is 1. The number of nitrogens with zero attached hydrogens (tertiary/aromatic N) is 1. The standard InChI is InChI=1S/C8H5BrN2O3/c9-4-2-11-3-5(8(13)14)10-7(11)1-6(4)12/h1-3,10H,(H,13,14). The largest absolute Gasteiger partial charge is 0.477 e. The minimum absolute atomic E-state index is 0.0440. The van der Waals surface area contributed by atoms with Crippen LogP contribution in [-0.4, -0.2) is 20.5 Å². The topological polar surface area (TPSA) is 74.6 Å². The highest BCUT2D eigenvalue weighted by atomic mass is 79.9. The Balaban J connectivity index is 2.78. The minimum atomic E-state index is -1.06. The lowest BCUT2D eigenvalue weighted by Crippen LogP contribution is -2.01. The molecule has 0 aliphatic heterocycles. The van der Waals surface area contributed by atoms with Gasteiger partial charge in [0.2, 0.25) is 0 Å². The maximum atomic E-state index is 11.2. The molecular formula is C8H5BrN2O3. The molecule has 2 aromatic rings. The van der Waals surface area contributed by atoms with Crippen LogP contribution in [0.5, 0.6) is 0 Å². The van der Waals surface area contributed by atoms with Crippen molar-refractivity contribution in [2.75, 3.05) is 0 Å². The predicted octanol–water partition coefficient (Wildman–Crippen LogP) is 1.09. The highest BCUT2D eigenvalue weighted by Gasteiger charge is 2.07. The van der Waals surface area contributed by atoms with E-state index in [1.807, 2.05) is 0 Å². The van der Waals surface area contributed by atoms with E-state index in [2.05, 4.69) is 20.9 Å². The highest BCUT2D eigenvalue weighted by molar-refractivity contribution is 9.10. The zero-order valence-corrected chi connectivity index (χ0v) is 8.41. The molecule has 2 aromatic heterocycles. The van der Waals surface area contributed by atoms with Gasteiger partial charge in [-0.15, -0.1) is 0 Å². The normalized spacial score (nSPS) is 10.6. The Morgan fingerprint density at radius 3 is 2.86 bits per heavy atom. The lowest BCUT2D eigenvalue weighted by molar-refractivity contribution is 0.0691. The predicted molar refractivity (Wildman–Crippen MR) is 52.7 cm³/mol. The lowest BCUT2D eigenvalue weighted by atomic mass is 10.5. The minimum Gasteiger partial charge on any atom is -0.477 e. The van der Waals surface area contributed by atoms with Gasteiger partial charge in [0.05, 0.1) is 4.47 Å². The molecule has 0 aliphatic carbocycles. The molecule has 6 heteroatoms. The van der Waals surface area contributed by atoms with E-state index in [9.17, 15) is 9.59 Å². The first-order valence-electron chi connectivity index (χ1n) is 3.72. The maximum absolute atomic E-state index is 11.2. The van der Waals surface area contributed by atoms with E-state index in [1.165, 1.54) is 22.9 Å². The SMILES string of the molecule is O=C(O)c1cn2cc(Br)c(=O)cc2[nH]1. The molecule has 0 aliphatic rings. The Kier molecular flexibility index (Phi) is 1.92. The van der Waals surface area contributed by atoms with E-state index in [0.717, 1.165) is 0 Å². The third-order valence-corrected chi connectivity index (χ3v) is 2.39. The fraction of sp³-hybridized carbons (Fsp3) is 0. The van der Waals surface area contributed by atoms with Gasteiger partial charge in [0.15, 0.2) is 5.43 Å². The molecule has 2 N–H and O–H groups in total. The second-order valence-corrected chi connectivity index (χ2v) is 3.61. The van der Waals surface area contributed by atoms with E-state index in [4.69, 9.17) is 5.11 Å². The number of nitrogens with one attached hydrogen (secondary N) is 1. The summed E-state index contributed by atoms with van der Waals surface area (Å²) in [5, 5.41) is 8.69. The van der Waals surface area contributed by atoms with Gasteiger partial charge in [0.25, 0.3) is 0 Å². The summed E-state index contributed by atoms with van der Waals surface area (Å²) in [5.74, 6) is -1.06. The molecule has 2 heterocycles. The van der Waals surface area contributed by atoms with Gasteiger partial charge < -0.3 is 14.5 Å². The molecule has 0 amide bonds. The van der Waals surface area contributed by atoms with Crippen molar-refractivity contribution in [3.05, 3.63) is 38.9 Å². The molecule has 5 nitrogen and oxygen atoms in total. The molecule has 0 bridgehead atoms. The molecule has 14 heavy (non-hydrogen) atoms. The van der Waals surface area contributed by atoms with E-state index in [1.54, 1.807) is 0 Å². The van der Waals surface area contributed by atoms with E-state index in [-0.39, 0.29) is 11.1 Å². The van der Waals surface area contributed by atoms with Gasteiger partial charge in [0.1, 0.15) is 11.3 Å². The number of carboxylic acids is 1. The van der Waals surface area contributed by atoms with Crippen LogP contribution >= 0.6 is 15.9 Å².